The fourth-order valence-corrected chi connectivity index (χ4v) is 1.48. The molecule has 0 fully saturated rings. The van der Waals surface area contributed by atoms with Crippen molar-refractivity contribution in [3.8, 4) is 11.6 Å². The second-order valence-electron chi connectivity index (χ2n) is 3.55. The molecule has 1 unspecified atom stereocenters. The lowest BCUT2D eigenvalue weighted by molar-refractivity contribution is 0.359. The quantitative estimate of drug-likeness (QED) is 0.787. The summed E-state index contributed by atoms with van der Waals surface area (Å²) in [7, 11) is 1.93. The van der Waals surface area contributed by atoms with Gasteiger partial charge in [-0.15, -0.1) is 0 Å². The molecule has 0 bridgehead atoms. The monoisotopic (exact) mass is 221 g/mol. The molecule has 1 atom stereocenters. The number of hydrogen-bond donors (Lipinski definition) is 2. The maximum Gasteiger partial charge on any atom is 0.238 e. The zero-order valence-corrected chi connectivity index (χ0v) is 9.40. The molecule has 0 saturated heterocycles. The predicted octanol–water partition coefficient (Wildman–Crippen LogP) is 1.00. The van der Waals surface area contributed by atoms with E-state index in [9.17, 15) is 0 Å². The van der Waals surface area contributed by atoms with Gasteiger partial charge in [-0.05, 0) is 13.5 Å². The van der Waals surface area contributed by atoms with Crippen LogP contribution in [0.4, 0.5) is 0 Å². The van der Waals surface area contributed by atoms with Crippen molar-refractivity contribution < 1.29 is 4.52 Å². The highest BCUT2D eigenvalue weighted by molar-refractivity contribution is 5.40. The minimum Gasteiger partial charge on any atom is -0.342 e. The van der Waals surface area contributed by atoms with Crippen molar-refractivity contribution in [3.05, 3.63) is 18.3 Å². The second kappa shape index (κ2) is 4.89. The van der Waals surface area contributed by atoms with Crippen LogP contribution in [0.15, 0.2) is 16.9 Å². The lowest BCUT2D eigenvalue weighted by atomic mass is 10.1. The Kier molecular flexibility index (Phi) is 3.31. The SMILES string of the molecule is CCC(Cc1nc(-c2ncc[nH]2)no1)NC. The van der Waals surface area contributed by atoms with Gasteiger partial charge < -0.3 is 14.8 Å². The Labute approximate surface area is 93.5 Å². The van der Waals surface area contributed by atoms with E-state index in [0.29, 0.717) is 23.6 Å². The molecule has 0 saturated carbocycles. The fourth-order valence-electron chi connectivity index (χ4n) is 1.48. The summed E-state index contributed by atoms with van der Waals surface area (Å²) in [4.78, 5) is 11.3. The van der Waals surface area contributed by atoms with E-state index in [1.165, 1.54) is 0 Å². The average Bonchev–Trinajstić information content (AvgIpc) is 2.96. The zero-order valence-electron chi connectivity index (χ0n) is 9.40. The molecule has 0 aliphatic rings. The third-order valence-corrected chi connectivity index (χ3v) is 2.50. The van der Waals surface area contributed by atoms with Crippen LogP contribution in [0.1, 0.15) is 19.2 Å². The number of aromatic nitrogens is 4. The predicted molar refractivity (Wildman–Crippen MR) is 58.7 cm³/mol. The van der Waals surface area contributed by atoms with Crippen LogP contribution in [0.5, 0.6) is 0 Å². The van der Waals surface area contributed by atoms with Crippen molar-refractivity contribution in [1.82, 2.24) is 25.4 Å². The van der Waals surface area contributed by atoms with E-state index in [2.05, 4.69) is 32.3 Å². The molecule has 2 heterocycles. The highest BCUT2D eigenvalue weighted by atomic mass is 16.5. The Bertz CT molecular complexity index is 418. The van der Waals surface area contributed by atoms with Crippen LogP contribution in [0, 0.1) is 0 Å². The lowest BCUT2D eigenvalue weighted by Crippen LogP contribution is -2.26. The third kappa shape index (κ3) is 2.27. The third-order valence-electron chi connectivity index (χ3n) is 2.50. The first-order valence-electron chi connectivity index (χ1n) is 5.33. The second-order valence-corrected chi connectivity index (χ2v) is 3.55. The highest BCUT2D eigenvalue weighted by Crippen LogP contribution is 2.11. The van der Waals surface area contributed by atoms with E-state index < -0.39 is 0 Å². The largest absolute Gasteiger partial charge is 0.342 e. The van der Waals surface area contributed by atoms with Crippen molar-refractivity contribution in [1.29, 1.82) is 0 Å². The van der Waals surface area contributed by atoms with Crippen LogP contribution in [-0.2, 0) is 6.42 Å². The molecule has 2 rings (SSSR count). The minimum atomic E-state index is 0.366. The van der Waals surface area contributed by atoms with Gasteiger partial charge in [-0.1, -0.05) is 12.1 Å². The summed E-state index contributed by atoms with van der Waals surface area (Å²) >= 11 is 0. The molecule has 0 amide bonds. The van der Waals surface area contributed by atoms with Gasteiger partial charge in [0.15, 0.2) is 5.82 Å². The maximum absolute atomic E-state index is 5.16. The van der Waals surface area contributed by atoms with Gasteiger partial charge in [0.05, 0.1) is 0 Å². The molecule has 2 aromatic rings. The van der Waals surface area contributed by atoms with Crippen molar-refractivity contribution in [2.45, 2.75) is 25.8 Å². The van der Waals surface area contributed by atoms with Crippen LogP contribution in [0.25, 0.3) is 11.6 Å². The maximum atomic E-state index is 5.16. The number of H-pyrrole nitrogens is 1. The van der Waals surface area contributed by atoms with Gasteiger partial charge >= 0.3 is 0 Å². The Hall–Kier alpha value is -1.69. The van der Waals surface area contributed by atoms with Crippen molar-refractivity contribution in [2.24, 2.45) is 0 Å². The van der Waals surface area contributed by atoms with E-state index in [1.807, 2.05) is 7.05 Å². The number of hydrogen-bond acceptors (Lipinski definition) is 5. The molecule has 16 heavy (non-hydrogen) atoms. The van der Waals surface area contributed by atoms with Crippen molar-refractivity contribution >= 4 is 0 Å². The molecular weight excluding hydrogens is 206 g/mol. The first-order chi connectivity index (χ1) is 7.83. The Balaban J connectivity index is 2.08. The minimum absolute atomic E-state index is 0.366. The molecule has 6 nitrogen and oxygen atoms in total. The normalized spacial score (nSPS) is 12.9. The Morgan fingerprint density at radius 1 is 1.56 bits per heavy atom. The van der Waals surface area contributed by atoms with Crippen LogP contribution >= 0.6 is 0 Å². The summed E-state index contributed by atoms with van der Waals surface area (Å²) in [5, 5.41) is 7.07. The van der Waals surface area contributed by atoms with E-state index in [4.69, 9.17) is 4.52 Å². The first-order valence-corrected chi connectivity index (χ1v) is 5.33. The van der Waals surface area contributed by atoms with Crippen LogP contribution < -0.4 is 5.32 Å². The van der Waals surface area contributed by atoms with Crippen LogP contribution in [0.2, 0.25) is 0 Å². The van der Waals surface area contributed by atoms with Gasteiger partial charge in [0.2, 0.25) is 11.7 Å². The standard InChI is InChI=1S/C10H15N5O/c1-3-7(11-2)6-8-14-10(15-16-8)9-12-4-5-13-9/h4-5,7,11H,3,6H2,1-2H3,(H,12,13). The van der Waals surface area contributed by atoms with Crippen molar-refractivity contribution in [2.75, 3.05) is 7.05 Å². The number of nitrogens with one attached hydrogen (secondary N) is 2. The van der Waals surface area contributed by atoms with Crippen molar-refractivity contribution in [3.63, 3.8) is 0 Å². The van der Waals surface area contributed by atoms with E-state index in [-0.39, 0.29) is 0 Å². The van der Waals surface area contributed by atoms with Gasteiger partial charge in [0.25, 0.3) is 0 Å². The summed E-state index contributed by atoms with van der Waals surface area (Å²) in [5.74, 6) is 1.77. The molecule has 2 N–H and O–H groups in total. The summed E-state index contributed by atoms with van der Waals surface area (Å²) < 4.78 is 5.16. The van der Waals surface area contributed by atoms with Gasteiger partial charge in [-0.3, -0.25) is 0 Å². The van der Waals surface area contributed by atoms with E-state index >= 15 is 0 Å². The topological polar surface area (TPSA) is 79.6 Å². The molecule has 0 radical (unpaired) electrons. The number of imidazole rings is 1. The van der Waals surface area contributed by atoms with Crippen LogP contribution in [0.3, 0.4) is 0 Å². The smallest absolute Gasteiger partial charge is 0.238 e. The van der Waals surface area contributed by atoms with E-state index in [1.54, 1.807) is 12.4 Å². The van der Waals surface area contributed by atoms with Gasteiger partial charge in [-0.2, -0.15) is 4.98 Å². The molecule has 0 aliphatic heterocycles. The van der Waals surface area contributed by atoms with E-state index in [0.717, 1.165) is 12.8 Å². The number of aromatic amines is 1. The summed E-state index contributed by atoms with van der Waals surface area (Å²) in [6.07, 6.45) is 5.15. The fraction of sp³-hybridized carbons (Fsp3) is 0.500. The highest BCUT2D eigenvalue weighted by Gasteiger charge is 2.13. The molecular formula is C10H15N5O. The first kappa shape index (κ1) is 10.8. The van der Waals surface area contributed by atoms with Crippen LogP contribution in [-0.4, -0.2) is 33.2 Å². The molecule has 2 aromatic heterocycles. The average molecular weight is 221 g/mol. The molecule has 0 aliphatic carbocycles. The number of rotatable bonds is 5. The summed E-state index contributed by atoms with van der Waals surface area (Å²) in [6.45, 7) is 2.12. The molecule has 0 aromatic carbocycles. The van der Waals surface area contributed by atoms with Gasteiger partial charge in [0, 0.05) is 24.9 Å². The molecule has 0 spiro atoms. The van der Waals surface area contributed by atoms with Gasteiger partial charge in [0.1, 0.15) is 0 Å². The summed E-state index contributed by atoms with van der Waals surface area (Å²) in [5.41, 5.74) is 0. The zero-order chi connectivity index (χ0) is 11.4. The summed E-state index contributed by atoms with van der Waals surface area (Å²) in [6, 6.07) is 0.366. The number of nitrogens with zero attached hydrogens (tertiary/aromatic N) is 3. The molecule has 6 heteroatoms. The lowest BCUT2D eigenvalue weighted by Gasteiger charge is -2.09. The molecule has 86 valence electrons. The van der Waals surface area contributed by atoms with Gasteiger partial charge in [-0.25, -0.2) is 4.98 Å². The number of likely N-dealkylation sites (N-methyl/N-ethyl adjacent to an activating group) is 1. The Morgan fingerprint density at radius 3 is 3.06 bits per heavy atom. The Morgan fingerprint density at radius 2 is 2.44 bits per heavy atom.